The van der Waals surface area contributed by atoms with Gasteiger partial charge in [0.1, 0.15) is 0 Å². The highest BCUT2D eigenvalue weighted by Crippen LogP contribution is 2.58. The van der Waals surface area contributed by atoms with Gasteiger partial charge in [-0.1, -0.05) is 72.2 Å². The van der Waals surface area contributed by atoms with Gasteiger partial charge in [-0.2, -0.15) is 0 Å². The molecule has 1 N–H and O–H groups in total. The van der Waals surface area contributed by atoms with E-state index in [0.717, 1.165) is 0 Å². The SMILES string of the molecule is CC1=C(C(C)(C)N(C)C(C)(C)C(C)(C)C(=O)O)C(C)(C)C(C)(C)c2ccccc21.CCC. The summed E-state index contributed by atoms with van der Waals surface area (Å²) in [5, 5.41) is 9.93. The normalized spacial score (nSPS) is 18.1. The van der Waals surface area contributed by atoms with Crippen LogP contribution in [0.2, 0.25) is 0 Å². The lowest BCUT2D eigenvalue weighted by Gasteiger charge is -2.59. The third-order valence-corrected chi connectivity index (χ3v) is 8.92. The highest BCUT2D eigenvalue weighted by atomic mass is 16.4. The van der Waals surface area contributed by atoms with Gasteiger partial charge in [0, 0.05) is 11.1 Å². The second-order valence-corrected chi connectivity index (χ2v) is 12.1. The summed E-state index contributed by atoms with van der Waals surface area (Å²) in [7, 11) is 2.08. The Hall–Kier alpha value is -1.61. The molecule has 0 unspecified atom stereocenters. The van der Waals surface area contributed by atoms with E-state index < -0.39 is 16.9 Å². The summed E-state index contributed by atoms with van der Waals surface area (Å²) < 4.78 is 0. The summed E-state index contributed by atoms with van der Waals surface area (Å²) in [5.41, 5.74) is 3.42. The van der Waals surface area contributed by atoms with Crippen LogP contribution in [0.1, 0.15) is 108 Å². The lowest BCUT2D eigenvalue weighted by Crippen LogP contribution is -2.64. The van der Waals surface area contributed by atoms with E-state index in [1.807, 2.05) is 27.7 Å². The van der Waals surface area contributed by atoms with Crippen LogP contribution in [0, 0.1) is 10.8 Å². The van der Waals surface area contributed by atoms with Gasteiger partial charge >= 0.3 is 5.97 Å². The first kappa shape index (κ1) is 28.4. The summed E-state index contributed by atoms with van der Waals surface area (Å²) >= 11 is 0. The first-order valence-electron chi connectivity index (χ1n) is 12.1. The molecule has 0 aliphatic heterocycles. The average Bonchev–Trinajstić information content (AvgIpc) is 2.66. The fraction of sp³-hybridized carbons (Fsp3) is 0.690. The van der Waals surface area contributed by atoms with E-state index in [1.165, 1.54) is 28.7 Å². The van der Waals surface area contributed by atoms with Crippen molar-refractivity contribution in [2.75, 3.05) is 7.05 Å². The molecule has 0 saturated heterocycles. The van der Waals surface area contributed by atoms with Gasteiger partial charge in [0.15, 0.2) is 0 Å². The Morgan fingerprint density at radius 1 is 0.938 bits per heavy atom. The minimum Gasteiger partial charge on any atom is -0.481 e. The first-order chi connectivity index (χ1) is 14.3. The fourth-order valence-corrected chi connectivity index (χ4v) is 5.38. The van der Waals surface area contributed by atoms with Crippen molar-refractivity contribution in [3.8, 4) is 0 Å². The molecule has 0 fully saturated rings. The second-order valence-electron chi connectivity index (χ2n) is 12.1. The molecule has 182 valence electrons. The fourth-order valence-electron chi connectivity index (χ4n) is 5.38. The summed E-state index contributed by atoms with van der Waals surface area (Å²) in [4.78, 5) is 14.4. The van der Waals surface area contributed by atoms with Crippen molar-refractivity contribution in [1.82, 2.24) is 4.90 Å². The van der Waals surface area contributed by atoms with Crippen LogP contribution in [-0.2, 0) is 10.2 Å². The van der Waals surface area contributed by atoms with Crippen LogP contribution in [0.25, 0.3) is 5.57 Å². The van der Waals surface area contributed by atoms with E-state index in [0.29, 0.717) is 0 Å². The Bertz CT molecular complexity index is 869. The molecule has 32 heavy (non-hydrogen) atoms. The molecule has 2 rings (SSSR count). The lowest BCUT2D eigenvalue weighted by molar-refractivity contribution is -0.157. The van der Waals surface area contributed by atoms with Gasteiger partial charge in [-0.3, -0.25) is 9.69 Å². The number of nitrogens with zero attached hydrogens (tertiary/aromatic N) is 1. The van der Waals surface area contributed by atoms with E-state index >= 15 is 0 Å². The van der Waals surface area contributed by atoms with Crippen molar-refractivity contribution in [2.45, 2.75) is 113 Å². The maximum absolute atomic E-state index is 12.1. The van der Waals surface area contributed by atoms with Crippen molar-refractivity contribution >= 4 is 11.5 Å². The monoisotopic (exact) mass is 443 g/mol. The molecule has 1 aliphatic carbocycles. The minimum atomic E-state index is -0.903. The molecular formula is C29H49NO2. The average molecular weight is 444 g/mol. The van der Waals surface area contributed by atoms with E-state index in [4.69, 9.17) is 0 Å². The highest BCUT2D eigenvalue weighted by molar-refractivity contribution is 5.77. The maximum atomic E-state index is 12.1. The molecule has 0 atom stereocenters. The number of carbonyl (C=O) groups is 1. The lowest BCUT2D eigenvalue weighted by atomic mass is 9.52. The van der Waals surface area contributed by atoms with E-state index in [1.54, 1.807) is 0 Å². The zero-order valence-corrected chi connectivity index (χ0v) is 23.3. The maximum Gasteiger partial charge on any atom is 0.310 e. The van der Waals surface area contributed by atoms with Crippen molar-refractivity contribution in [3.63, 3.8) is 0 Å². The number of fused-ring (bicyclic) bond motifs is 1. The molecule has 0 aromatic heterocycles. The Morgan fingerprint density at radius 3 is 1.81 bits per heavy atom. The summed E-state index contributed by atoms with van der Waals surface area (Å²) in [6, 6.07) is 8.73. The number of carboxylic acids is 1. The molecular weight excluding hydrogens is 394 g/mol. The number of hydrogen-bond donors (Lipinski definition) is 1. The second kappa shape index (κ2) is 8.97. The molecule has 3 heteroatoms. The first-order valence-corrected chi connectivity index (χ1v) is 12.1. The predicted octanol–water partition coefficient (Wildman–Crippen LogP) is 7.79. The molecule has 1 aromatic rings. The molecule has 0 heterocycles. The quantitative estimate of drug-likeness (QED) is 0.505. The Kier molecular flexibility index (Phi) is 7.97. The summed E-state index contributed by atoms with van der Waals surface area (Å²) in [6.07, 6.45) is 1.25. The van der Waals surface area contributed by atoms with Gasteiger partial charge in [0.05, 0.1) is 5.41 Å². The molecule has 1 aliphatic rings. The summed E-state index contributed by atoms with van der Waals surface area (Å²) in [5.74, 6) is -0.774. The van der Waals surface area contributed by atoms with Crippen LogP contribution < -0.4 is 0 Å². The zero-order valence-electron chi connectivity index (χ0n) is 23.3. The van der Waals surface area contributed by atoms with Crippen molar-refractivity contribution in [1.29, 1.82) is 0 Å². The number of allylic oxidation sites excluding steroid dienone is 1. The Morgan fingerprint density at radius 2 is 1.38 bits per heavy atom. The van der Waals surface area contributed by atoms with Crippen molar-refractivity contribution in [3.05, 3.63) is 41.0 Å². The topological polar surface area (TPSA) is 40.5 Å². The molecule has 0 amide bonds. The molecule has 0 radical (unpaired) electrons. The zero-order chi connectivity index (χ0) is 25.5. The molecule has 1 aromatic carbocycles. The molecule has 0 bridgehead atoms. The smallest absolute Gasteiger partial charge is 0.310 e. The van der Waals surface area contributed by atoms with Crippen LogP contribution in [0.5, 0.6) is 0 Å². The van der Waals surface area contributed by atoms with Gasteiger partial charge in [-0.15, -0.1) is 0 Å². The van der Waals surface area contributed by atoms with Crippen LogP contribution in [0.4, 0.5) is 0 Å². The number of carboxylic acid groups (broad SMARTS) is 1. The van der Waals surface area contributed by atoms with Gasteiger partial charge in [-0.25, -0.2) is 0 Å². The van der Waals surface area contributed by atoms with Gasteiger partial charge in [0.25, 0.3) is 0 Å². The van der Waals surface area contributed by atoms with Gasteiger partial charge < -0.3 is 5.11 Å². The van der Waals surface area contributed by atoms with E-state index in [-0.39, 0.29) is 16.4 Å². The number of hydrogen-bond acceptors (Lipinski definition) is 2. The molecule has 0 spiro atoms. The van der Waals surface area contributed by atoms with E-state index in [9.17, 15) is 9.90 Å². The Labute approximate surface area is 198 Å². The summed E-state index contributed by atoms with van der Waals surface area (Å²) in [6.45, 7) is 28.1. The van der Waals surface area contributed by atoms with Crippen LogP contribution in [0.15, 0.2) is 29.8 Å². The largest absolute Gasteiger partial charge is 0.481 e. The van der Waals surface area contributed by atoms with E-state index in [2.05, 4.69) is 98.5 Å². The Balaban J connectivity index is 0.00000161. The van der Waals surface area contributed by atoms with Gasteiger partial charge in [-0.05, 0) is 88.6 Å². The standard InChI is InChI=1S/C26H41NO2.C3H8/c1-17-18-15-13-14-16-19(18)22(2,3)23(4,5)20(17)25(8,9)27(12)26(10,11)24(6,7)21(28)29;1-3-2/h13-16H,1-12H3,(H,28,29);3H2,1-2H3. The van der Waals surface area contributed by atoms with Crippen LogP contribution >= 0.6 is 0 Å². The number of benzene rings is 1. The van der Waals surface area contributed by atoms with Crippen LogP contribution in [-0.4, -0.2) is 34.1 Å². The number of likely N-dealkylation sites (N-methyl/N-ethyl adjacent to an activating group) is 1. The van der Waals surface area contributed by atoms with Crippen LogP contribution in [0.3, 0.4) is 0 Å². The highest BCUT2D eigenvalue weighted by Gasteiger charge is 2.55. The number of rotatable bonds is 5. The third kappa shape index (κ3) is 4.18. The van der Waals surface area contributed by atoms with Crippen molar-refractivity contribution in [2.24, 2.45) is 10.8 Å². The van der Waals surface area contributed by atoms with Crippen molar-refractivity contribution < 1.29 is 9.90 Å². The predicted molar refractivity (Wildman–Crippen MR) is 139 cm³/mol. The number of aliphatic carboxylic acids is 1. The molecule has 0 saturated carbocycles. The third-order valence-electron chi connectivity index (χ3n) is 8.92. The minimum absolute atomic E-state index is 0.0526. The van der Waals surface area contributed by atoms with Gasteiger partial charge in [0.2, 0.25) is 0 Å². The molecule has 3 nitrogen and oxygen atoms in total.